The molecule has 0 bridgehead atoms. The van der Waals surface area contributed by atoms with Crippen LogP contribution in [0.4, 0.5) is 0 Å². The number of carbonyl (C=O) groups is 2. The highest BCUT2D eigenvalue weighted by molar-refractivity contribution is 8.18. The van der Waals surface area contributed by atoms with Crippen molar-refractivity contribution in [3.8, 4) is 11.5 Å². The van der Waals surface area contributed by atoms with E-state index in [0.717, 1.165) is 0 Å². The van der Waals surface area contributed by atoms with Gasteiger partial charge in [0.2, 0.25) is 0 Å². The summed E-state index contributed by atoms with van der Waals surface area (Å²) in [6, 6.07) is 13.7. The van der Waals surface area contributed by atoms with Crippen molar-refractivity contribution < 1.29 is 19.8 Å². The first-order valence-electron chi connectivity index (χ1n) is 10.6. The van der Waals surface area contributed by atoms with E-state index < -0.39 is 0 Å². The molecular formula is C24H20N4O4S2. The third-order valence-electron chi connectivity index (χ3n) is 5.49. The molecule has 1 saturated heterocycles. The average Bonchev–Trinajstić information content (AvgIpc) is 3.39. The second kappa shape index (κ2) is 9.40. The molecule has 3 heterocycles. The Morgan fingerprint density at radius 3 is 1.44 bits per heavy atom. The zero-order chi connectivity index (χ0) is 23.7. The van der Waals surface area contributed by atoms with Gasteiger partial charge < -0.3 is 20.0 Å². The highest BCUT2D eigenvalue weighted by atomic mass is 32.2. The quantitative estimate of drug-likeness (QED) is 0.615. The summed E-state index contributed by atoms with van der Waals surface area (Å²) in [6.45, 7) is 2.54. The highest BCUT2D eigenvalue weighted by Gasteiger charge is 2.32. The minimum absolute atomic E-state index is 0.116. The molecule has 2 amide bonds. The van der Waals surface area contributed by atoms with E-state index in [9.17, 15) is 19.8 Å². The average molecular weight is 493 g/mol. The number of hydrogen-bond donors (Lipinski definition) is 2. The van der Waals surface area contributed by atoms with Crippen LogP contribution in [0, 0.1) is 0 Å². The van der Waals surface area contributed by atoms with Crippen molar-refractivity contribution in [3.05, 3.63) is 69.5 Å². The molecule has 1 fully saturated rings. The van der Waals surface area contributed by atoms with Crippen molar-refractivity contribution in [3.63, 3.8) is 0 Å². The van der Waals surface area contributed by atoms with Crippen molar-refractivity contribution in [1.82, 2.24) is 9.80 Å². The van der Waals surface area contributed by atoms with E-state index in [1.807, 2.05) is 9.80 Å². The monoisotopic (exact) mass is 492 g/mol. The molecule has 2 N–H and O–H groups in total. The van der Waals surface area contributed by atoms with Gasteiger partial charge in [0.05, 0.1) is 9.81 Å². The molecule has 8 nitrogen and oxygen atoms in total. The van der Waals surface area contributed by atoms with E-state index in [1.54, 1.807) is 60.7 Å². The minimum atomic E-state index is -0.314. The number of amidine groups is 2. The molecule has 0 radical (unpaired) electrons. The van der Waals surface area contributed by atoms with E-state index in [-0.39, 0.29) is 23.3 Å². The lowest BCUT2D eigenvalue weighted by Crippen LogP contribution is -2.49. The molecule has 10 heteroatoms. The predicted octanol–water partition coefficient (Wildman–Crippen LogP) is 3.36. The van der Waals surface area contributed by atoms with Gasteiger partial charge >= 0.3 is 0 Å². The minimum Gasteiger partial charge on any atom is -0.507 e. The fourth-order valence-electron chi connectivity index (χ4n) is 3.66. The molecule has 0 aromatic heterocycles. The number of para-hydroxylation sites is 2. The van der Waals surface area contributed by atoms with Crippen LogP contribution in [0.2, 0.25) is 0 Å². The zero-order valence-electron chi connectivity index (χ0n) is 17.9. The number of rotatable bonds is 2. The summed E-state index contributed by atoms with van der Waals surface area (Å²) in [5.41, 5.74) is 1.15. The second-order valence-electron chi connectivity index (χ2n) is 7.71. The smallest absolute Gasteiger partial charge is 0.286 e. The maximum atomic E-state index is 12.4. The van der Waals surface area contributed by atoms with Crippen LogP contribution in [0.25, 0.3) is 12.2 Å². The van der Waals surface area contributed by atoms with Gasteiger partial charge in [0.25, 0.3) is 11.8 Å². The predicted molar refractivity (Wildman–Crippen MR) is 135 cm³/mol. The number of piperazine rings is 1. The summed E-state index contributed by atoms with van der Waals surface area (Å²) < 4.78 is 0. The highest BCUT2D eigenvalue weighted by Crippen LogP contribution is 2.34. The van der Waals surface area contributed by atoms with Crippen molar-refractivity contribution >= 4 is 57.8 Å². The van der Waals surface area contributed by atoms with Crippen LogP contribution >= 0.6 is 23.5 Å². The molecule has 0 aliphatic carbocycles. The number of benzene rings is 2. The first-order valence-corrected chi connectivity index (χ1v) is 12.2. The lowest BCUT2D eigenvalue weighted by molar-refractivity contribution is -0.114. The van der Waals surface area contributed by atoms with E-state index in [4.69, 9.17) is 0 Å². The Kier molecular flexibility index (Phi) is 6.16. The Labute approximate surface area is 204 Å². The number of amides is 2. The summed E-state index contributed by atoms with van der Waals surface area (Å²) in [4.78, 5) is 38.2. The summed E-state index contributed by atoms with van der Waals surface area (Å²) in [7, 11) is 0. The second-order valence-corrected chi connectivity index (χ2v) is 9.73. The summed E-state index contributed by atoms with van der Waals surface area (Å²) in [5, 5.41) is 21.2. The van der Waals surface area contributed by atoms with Gasteiger partial charge in [-0.3, -0.25) is 9.59 Å². The molecule has 34 heavy (non-hydrogen) atoms. The van der Waals surface area contributed by atoms with Crippen LogP contribution in [-0.4, -0.2) is 68.3 Å². The van der Waals surface area contributed by atoms with Crippen molar-refractivity contribution in [2.24, 2.45) is 9.98 Å². The van der Waals surface area contributed by atoms with Crippen LogP contribution < -0.4 is 0 Å². The van der Waals surface area contributed by atoms with Crippen molar-refractivity contribution in [1.29, 1.82) is 0 Å². The lowest BCUT2D eigenvalue weighted by atomic mass is 10.2. The van der Waals surface area contributed by atoms with Gasteiger partial charge in [0.15, 0.2) is 10.3 Å². The Morgan fingerprint density at radius 1 is 0.676 bits per heavy atom. The third kappa shape index (κ3) is 4.59. The van der Waals surface area contributed by atoms with Gasteiger partial charge in [0.1, 0.15) is 11.5 Å². The molecule has 0 atom stereocenters. The maximum absolute atomic E-state index is 12.4. The van der Waals surface area contributed by atoms with Gasteiger partial charge in [0, 0.05) is 37.3 Å². The summed E-state index contributed by atoms with van der Waals surface area (Å²) in [6.07, 6.45) is 3.31. The molecule has 0 unspecified atom stereocenters. The number of phenols is 2. The molecule has 2 aromatic carbocycles. The Bertz CT molecular complexity index is 1190. The number of carbonyl (C=O) groups excluding carboxylic acids is 2. The molecule has 5 rings (SSSR count). The lowest BCUT2D eigenvalue weighted by Gasteiger charge is -2.35. The van der Waals surface area contributed by atoms with Crippen molar-refractivity contribution in [2.75, 3.05) is 26.2 Å². The van der Waals surface area contributed by atoms with Crippen LogP contribution in [-0.2, 0) is 9.59 Å². The van der Waals surface area contributed by atoms with E-state index >= 15 is 0 Å². The standard InChI is InChI=1S/C24H20N4O4S2/c29-17-7-3-1-5-15(17)13-19-21(31)25-23(33-19)27-9-11-28(12-10-27)24-26-22(32)20(34-24)14-16-6-2-4-8-18(16)30/h1-8,13-14,29-30H,9-12H2/b19-13-,20-14-. The molecule has 172 valence electrons. The van der Waals surface area contributed by atoms with Gasteiger partial charge in [-0.05, 0) is 47.8 Å². The molecule has 0 saturated carbocycles. The Hall–Kier alpha value is -3.50. The normalized spacial score (nSPS) is 20.9. The molecule has 3 aliphatic rings. The van der Waals surface area contributed by atoms with E-state index in [2.05, 4.69) is 9.98 Å². The van der Waals surface area contributed by atoms with Gasteiger partial charge in [-0.1, -0.05) is 36.4 Å². The number of thioether (sulfide) groups is 2. The van der Waals surface area contributed by atoms with Crippen molar-refractivity contribution in [2.45, 2.75) is 0 Å². The van der Waals surface area contributed by atoms with E-state index in [0.29, 0.717) is 57.5 Å². The van der Waals surface area contributed by atoms with Crippen LogP contribution in [0.15, 0.2) is 68.3 Å². The first-order chi connectivity index (χ1) is 16.5. The first kappa shape index (κ1) is 22.3. The molecule has 2 aromatic rings. The van der Waals surface area contributed by atoms with Gasteiger partial charge in [-0.15, -0.1) is 0 Å². The van der Waals surface area contributed by atoms with Gasteiger partial charge in [-0.2, -0.15) is 9.98 Å². The Morgan fingerprint density at radius 2 is 1.06 bits per heavy atom. The largest absolute Gasteiger partial charge is 0.507 e. The van der Waals surface area contributed by atoms with Crippen LogP contribution in [0.3, 0.4) is 0 Å². The number of hydrogen-bond acceptors (Lipinski definition) is 8. The molecule has 0 spiro atoms. The topological polar surface area (TPSA) is 106 Å². The summed E-state index contributed by atoms with van der Waals surface area (Å²) in [5.74, 6) is -0.395. The zero-order valence-corrected chi connectivity index (χ0v) is 19.6. The van der Waals surface area contributed by atoms with Crippen LogP contribution in [0.5, 0.6) is 11.5 Å². The number of phenolic OH excluding ortho intramolecular Hbond substituents is 2. The fourth-order valence-corrected chi connectivity index (χ4v) is 5.57. The van der Waals surface area contributed by atoms with E-state index in [1.165, 1.54) is 23.5 Å². The fraction of sp³-hybridized carbons (Fsp3) is 0.167. The molecular weight excluding hydrogens is 472 g/mol. The number of aromatic hydroxyl groups is 2. The number of nitrogens with zero attached hydrogens (tertiary/aromatic N) is 4. The Balaban J connectivity index is 1.20. The summed E-state index contributed by atoms with van der Waals surface area (Å²) >= 11 is 2.60. The van der Waals surface area contributed by atoms with Crippen LogP contribution in [0.1, 0.15) is 11.1 Å². The van der Waals surface area contributed by atoms with Gasteiger partial charge in [-0.25, -0.2) is 0 Å². The maximum Gasteiger partial charge on any atom is 0.286 e. The third-order valence-corrected chi connectivity index (χ3v) is 7.57. The molecule has 3 aliphatic heterocycles. The SMILES string of the molecule is O=C1N=C(N2CCN(C3=NC(=O)/C(=C/c4ccccc4O)S3)CC2)S/C1=C\c1ccccc1O. The number of aliphatic imine (C=N–C) groups is 2.